The zero-order chi connectivity index (χ0) is 15.7. The molecule has 0 saturated carbocycles. The Morgan fingerprint density at radius 3 is 2.48 bits per heavy atom. The number of hydrogen-bond acceptors (Lipinski definition) is 3. The lowest BCUT2D eigenvalue weighted by molar-refractivity contribution is -0.858. The monoisotopic (exact) mass is 312 g/mol. The van der Waals surface area contributed by atoms with Crippen LogP contribution in [0.25, 0.3) is 0 Å². The molecule has 0 aliphatic heterocycles. The number of ether oxygens (including phenoxy) is 2. The maximum absolute atomic E-state index is 5.28. The molecule has 0 atom stereocenters. The average molecular weight is 312 g/mol. The van der Waals surface area contributed by atoms with E-state index < -0.39 is 0 Å². The van der Waals surface area contributed by atoms with Crippen LogP contribution in [0.2, 0.25) is 0 Å². The predicted octanol–water partition coefficient (Wildman–Crippen LogP) is 0.203. The van der Waals surface area contributed by atoms with Gasteiger partial charge in [0.15, 0.2) is 16.6 Å². The summed E-state index contributed by atoms with van der Waals surface area (Å²) in [5, 5.41) is 7.08. The number of nitrogens with one attached hydrogen (secondary N) is 3. The van der Waals surface area contributed by atoms with Gasteiger partial charge < -0.3 is 25.0 Å². The molecular weight excluding hydrogens is 286 g/mol. The summed E-state index contributed by atoms with van der Waals surface area (Å²) in [5.41, 5.74) is 1.09. The van der Waals surface area contributed by atoms with Gasteiger partial charge in [-0.25, -0.2) is 0 Å². The van der Waals surface area contributed by atoms with Crippen LogP contribution in [0.4, 0.5) is 0 Å². The zero-order valence-corrected chi connectivity index (χ0v) is 14.1. The van der Waals surface area contributed by atoms with E-state index in [0.29, 0.717) is 11.7 Å². The van der Waals surface area contributed by atoms with E-state index in [0.717, 1.165) is 36.6 Å². The minimum absolute atomic E-state index is 0.658. The van der Waals surface area contributed by atoms with Gasteiger partial charge in [-0.2, -0.15) is 0 Å². The van der Waals surface area contributed by atoms with Crippen molar-refractivity contribution in [2.24, 2.45) is 0 Å². The van der Waals surface area contributed by atoms with Crippen LogP contribution in [0.3, 0.4) is 0 Å². The van der Waals surface area contributed by atoms with Crippen molar-refractivity contribution >= 4 is 17.3 Å². The summed E-state index contributed by atoms with van der Waals surface area (Å²) < 4.78 is 10.5. The molecule has 0 aliphatic rings. The SMILES string of the molecule is COc1ccc(CNC(=S)NCCC[NH+](C)C)cc1OC. The molecule has 0 aliphatic carbocycles. The average Bonchev–Trinajstić information content (AvgIpc) is 2.48. The number of rotatable bonds is 8. The van der Waals surface area contributed by atoms with Crippen molar-refractivity contribution in [2.75, 3.05) is 41.4 Å². The van der Waals surface area contributed by atoms with Crippen LogP contribution < -0.4 is 25.0 Å². The first-order valence-electron chi connectivity index (χ1n) is 7.08. The predicted molar refractivity (Wildman–Crippen MR) is 89.3 cm³/mol. The lowest BCUT2D eigenvalue weighted by atomic mass is 10.2. The van der Waals surface area contributed by atoms with E-state index in [1.807, 2.05) is 18.2 Å². The van der Waals surface area contributed by atoms with Crippen LogP contribution >= 0.6 is 12.2 Å². The first kappa shape index (κ1) is 17.5. The summed E-state index contributed by atoms with van der Waals surface area (Å²) in [4.78, 5) is 1.45. The van der Waals surface area contributed by atoms with Crippen molar-refractivity contribution in [3.8, 4) is 11.5 Å². The van der Waals surface area contributed by atoms with Gasteiger partial charge in [0.2, 0.25) is 0 Å². The third-order valence-corrected chi connectivity index (χ3v) is 3.33. The topological polar surface area (TPSA) is 47.0 Å². The molecule has 5 nitrogen and oxygen atoms in total. The summed E-state index contributed by atoms with van der Waals surface area (Å²) in [7, 11) is 7.56. The highest BCUT2D eigenvalue weighted by atomic mass is 32.1. The third-order valence-electron chi connectivity index (χ3n) is 3.04. The van der Waals surface area contributed by atoms with Gasteiger partial charge in [-0.3, -0.25) is 0 Å². The smallest absolute Gasteiger partial charge is 0.166 e. The van der Waals surface area contributed by atoms with Crippen LogP contribution in [-0.4, -0.2) is 46.5 Å². The van der Waals surface area contributed by atoms with E-state index in [-0.39, 0.29) is 0 Å². The molecule has 118 valence electrons. The quantitative estimate of drug-likeness (QED) is 0.473. The van der Waals surface area contributed by atoms with E-state index in [2.05, 4.69) is 24.7 Å². The molecule has 0 radical (unpaired) electrons. The number of hydrogen-bond donors (Lipinski definition) is 3. The molecule has 3 N–H and O–H groups in total. The molecule has 0 bridgehead atoms. The standard InChI is InChI=1S/C15H25N3O2S/c1-18(2)9-5-8-16-15(21)17-11-12-6-7-13(19-3)14(10-12)20-4/h6-7,10H,5,8-9,11H2,1-4H3,(H2,16,17,21)/p+1. The third kappa shape index (κ3) is 6.64. The minimum Gasteiger partial charge on any atom is -0.493 e. The Hall–Kier alpha value is -1.53. The largest absolute Gasteiger partial charge is 0.493 e. The molecule has 1 rings (SSSR count). The molecule has 0 unspecified atom stereocenters. The van der Waals surface area contributed by atoms with E-state index in [1.165, 1.54) is 4.90 Å². The molecule has 21 heavy (non-hydrogen) atoms. The molecule has 0 aromatic heterocycles. The minimum atomic E-state index is 0.658. The summed E-state index contributed by atoms with van der Waals surface area (Å²) in [6.07, 6.45) is 1.10. The maximum Gasteiger partial charge on any atom is 0.166 e. The van der Waals surface area contributed by atoms with E-state index >= 15 is 0 Å². The second kappa shape index (κ2) is 9.41. The lowest BCUT2D eigenvalue weighted by Crippen LogP contribution is -3.05. The fourth-order valence-electron chi connectivity index (χ4n) is 1.88. The van der Waals surface area contributed by atoms with Crippen LogP contribution in [-0.2, 0) is 6.54 Å². The Morgan fingerprint density at radius 2 is 1.86 bits per heavy atom. The van der Waals surface area contributed by atoms with Crippen molar-refractivity contribution in [3.63, 3.8) is 0 Å². The van der Waals surface area contributed by atoms with Crippen molar-refractivity contribution in [2.45, 2.75) is 13.0 Å². The Balaban J connectivity index is 2.36. The van der Waals surface area contributed by atoms with Gasteiger partial charge in [0.1, 0.15) is 0 Å². The van der Waals surface area contributed by atoms with Gasteiger partial charge in [0, 0.05) is 19.5 Å². The molecule has 0 saturated heterocycles. The van der Waals surface area contributed by atoms with Crippen molar-refractivity contribution in [3.05, 3.63) is 23.8 Å². The Kier molecular flexibility index (Phi) is 7.85. The normalized spacial score (nSPS) is 10.3. The molecule has 0 heterocycles. The van der Waals surface area contributed by atoms with Gasteiger partial charge in [-0.15, -0.1) is 0 Å². The maximum atomic E-state index is 5.28. The second-order valence-electron chi connectivity index (χ2n) is 5.11. The van der Waals surface area contributed by atoms with Gasteiger partial charge in [0.25, 0.3) is 0 Å². The fourth-order valence-corrected chi connectivity index (χ4v) is 2.05. The van der Waals surface area contributed by atoms with Gasteiger partial charge in [0.05, 0.1) is 34.9 Å². The summed E-state index contributed by atoms with van der Waals surface area (Å²) in [6, 6.07) is 5.84. The summed E-state index contributed by atoms with van der Waals surface area (Å²) >= 11 is 5.26. The first-order chi connectivity index (χ1) is 10.1. The molecule has 0 spiro atoms. The Labute approximate surface area is 132 Å². The number of benzene rings is 1. The second-order valence-corrected chi connectivity index (χ2v) is 5.52. The first-order valence-corrected chi connectivity index (χ1v) is 7.49. The summed E-state index contributed by atoms with van der Waals surface area (Å²) in [6.45, 7) is 2.68. The van der Waals surface area contributed by atoms with E-state index in [1.54, 1.807) is 14.2 Å². The number of methoxy groups -OCH3 is 2. The van der Waals surface area contributed by atoms with Crippen molar-refractivity contribution in [1.29, 1.82) is 0 Å². The Morgan fingerprint density at radius 1 is 1.14 bits per heavy atom. The highest BCUT2D eigenvalue weighted by Crippen LogP contribution is 2.27. The lowest BCUT2D eigenvalue weighted by Gasteiger charge is -2.13. The van der Waals surface area contributed by atoms with Crippen LogP contribution in [0.15, 0.2) is 18.2 Å². The van der Waals surface area contributed by atoms with Gasteiger partial charge >= 0.3 is 0 Å². The molecule has 6 heteroatoms. The van der Waals surface area contributed by atoms with Gasteiger partial charge in [-0.05, 0) is 29.9 Å². The Bertz CT molecular complexity index is 453. The molecule has 0 fully saturated rings. The van der Waals surface area contributed by atoms with Crippen molar-refractivity contribution in [1.82, 2.24) is 10.6 Å². The molecule has 1 aromatic rings. The van der Waals surface area contributed by atoms with E-state index in [9.17, 15) is 0 Å². The molecule has 0 amide bonds. The van der Waals surface area contributed by atoms with Crippen LogP contribution in [0, 0.1) is 0 Å². The van der Waals surface area contributed by atoms with Crippen LogP contribution in [0.1, 0.15) is 12.0 Å². The van der Waals surface area contributed by atoms with E-state index in [4.69, 9.17) is 21.7 Å². The molecular formula is C15H26N3O2S+. The fraction of sp³-hybridized carbons (Fsp3) is 0.533. The van der Waals surface area contributed by atoms with Crippen molar-refractivity contribution < 1.29 is 14.4 Å². The summed E-state index contributed by atoms with van der Waals surface area (Å²) in [5.74, 6) is 1.46. The highest BCUT2D eigenvalue weighted by Gasteiger charge is 2.05. The highest BCUT2D eigenvalue weighted by molar-refractivity contribution is 7.80. The molecule has 1 aromatic carbocycles. The van der Waals surface area contributed by atoms with Crippen LogP contribution in [0.5, 0.6) is 11.5 Å². The van der Waals surface area contributed by atoms with Gasteiger partial charge in [-0.1, -0.05) is 6.07 Å². The zero-order valence-electron chi connectivity index (χ0n) is 13.3. The number of quaternary nitrogens is 1. The number of thiocarbonyl (C=S) groups is 1.